The smallest absolute Gasteiger partial charge is 0.252 e. The summed E-state index contributed by atoms with van der Waals surface area (Å²) in [7, 11) is 0. The summed E-state index contributed by atoms with van der Waals surface area (Å²) >= 11 is 0. The fourth-order valence-electron chi connectivity index (χ4n) is 4.42. The van der Waals surface area contributed by atoms with E-state index in [9.17, 15) is 4.79 Å². The van der Waals surface area contributed by atoms with Gasteiger partial charge in [0.2, 0.25) is 5.95 Å². The van der Waals surface area contributed by atoms with Gasteiger partial charge in [0.1, 0.15) is 5.82 Å². The number of nitrogens with zero attached hydrogens (tertiary/aromatic N) is 5. The second-order valence-corrected chi connectivity index (χ2v) is 8.52. The van der Waals surface area contributed by atoms with Crippen molar-refractivity contribution in [3.05, 3.63) is 58.1 Å². The zero-order valence-corrected chi connectivity index (χ0v) is 19.0. The van der Waals surface area contributed by atoms with Crippen molar-refractivity contribution in [2.75, 3.05) is 43.1 Å². The zero-order valence-electron chi connectivity index (χ0n) is 19.0. The summed E-state index contributed by atoms with van der Waals surface area (Å²) in [6, 6.07) is 9.55. The van der Waals surface area contributed by atoms with Crippen LogP contribution in [-0.2, 0) is 17.7 Å². The Balaban J connectivity index is 1.48. The SMILES string of the molecule is CCN1CCc2c(nc(-c3ccc(Nc4nccc(=O)[nH]4)cc3)nc2N2CCOC[C@@H]2C)C1. The minimum absolute atomic E-state index is 0.197. The molecule has 2 N–H and O–H groups in total. The van der Waals surface area contributed by atoms with Crippen LogP contribution in [0.25, 0.3) is 11.4 Å². The minimum atomic E-state index is -0.197. The van der Waals surface area contributed by atoms with Gasteiger partial charge in [-0.05, 0) is 44.2 Å². The second-order valence-electron chi connectivity index (χ2n) is 8.52. The molecule has 1 saturated heterocycles. The van der Waals surface area contributed by atoms with Crippen LogP contribution in [0.2, 0.25) is 0 Å². The number of aromatic nitrogens is 4. The third kappa shape index (κ3) is 4.60. The Morgan fingerprint density at radius 3 is 2.79 bits per heavy atom. The van der Waals surface area contributed by atoms with Gasteiger partial charge >= 0.3 is 0 Å². The quantitative estimate of drug-likeness (QED) is 0.616. The molecule has 0 bridgehead atoms. The largest absolute Gasteiger partial charge is 0.377 e. The van der Waals surface area contributed by atoms with E-state index in [1.807, 2.05) is 24.3 Å². The molecule has 2 aromatic heterocycles. The van der Waals surface area contributed by atoms with Crippen molar-refractivity contribution >= 4 is 17.5 Å². The van der Waals surface area contributed by atoms with Crippen molar-refractivity contribution in [3.63, 3.8) is 0 Å². The lowest BCUT2D eigenvalue weighted by Gasteiger charge is -2.37. The molecule has 9 heteroatoms. The summed E-state index contributed by atoms with van der Waals surface area (Å²) < 4.78 is 5.67. The molecule has 33 heavy (non-hydrogen) atoms. The van der Waals surface area contributed by atoms with E-state index in [-0.39, 0.29) is 11.6 Å². The van der Waals surface area contributed by atoms with Gasteiger partial charge in [0.25, 0.3) is 5.56 Å². The molecule has 1 fully saturated rings. The Hall–Kier alpha value is -3.30. The first-order chi connectivity index (χ1) is 16.1. The van der Waals surface area contributed by atoms with Crippen LogP contribution in [0.15, 0.2) is 41.3 Å². The van der Waals surface area contributed by atoms with Crippen molar-refractivity contribution < 1.29 is 4.74 Å². The molecule has 0 amide bonds. The lowest BCUT2D eigenvalue weighted by atomic mass is 10.0. The van der Waals surface area contributed by atoms with Gasteiger partial charge in [-0.1, -0.05) is 6.92 Å². The number of hydrogen-bond donors (Lipinski definition) is 2. The monoisotopic (exact) mass is 447 g/mol. The number of hydrogen-bond acceptors (Lipinski definition) is 8. The maximum Gasteiger partial charge on any atom is 0.252 e. The Morgan fingerprint density at radius 2 is 2.03 bits per heavy atom. The first-order valence-corrected chi connectivity index (χ1v) is 11.5. The summed E-state index contributed by atoms with van der Waals surface area (Å²) in [4.78, 5) is 33.2. The molecule has 3 aromatic rings. The van der Waals surface area contributed by atoms with Crippen LogP contribution >= 0.6 is 0 Å². The zero-order chi connectivity index (χ0) is 22.8. The minimum Gasteiger partial charge on any atom is -0.377 e. The van der Waals surface area contributed by atoms with Crippen molar-refractivity contribution in [2.45, 2.75) is 32.9 Å². The average Bonchev–Trinajstić information content (AvgIpc) is 2.84. The molecule has 172 valence electrons. The summed E-state index contributed by atoms with van der Waals surface area (Å²) in [5, 5.41) is 3.12. The number of fused-ring (bicyclic) bond motifs is 1. The van der Waals surface area contributed by atoms with Crippen molar-refractivity contribution in [3.8, 4) is 11.4 Å². The van der Waals surface area contributed by atoms with E-state index in [4.69, 9.17) is 14.7 Å². The lowest BCUT2D eigenvalue weighted by molar-refractivity contribution is 0.0983. The molecule has 0 radical (unpaired) electrons. The van der Waals surface area contributed by atoms with Crippen LogP contribution < -0.4 is 15.8 Å². The molecule has 9 nitrogen and oxygen atoms in total. The highest BCUT2D eigenvalue weighted by molar-refractivity contribution is 5.65. The summed E-state index contributed by atoms with van der Waals surface area (Å²) in [6.45, 7) is 9.55. The normalized spacial score (nSPS) is 18.7. The van der Waals surface area contributed by atoms with Crippen LogP contribution in [0.3, 0.4) is 0 Å². The number of rotatable bonds is 5. The number of benzene rings is 1. The van der Waals surface area contributed by atoms with Crippen molar-refractivity contribution in [1.29, 1.82) is 0 Å². The van der Waals surface area contributed by atoms with E-state index in [0.29, 0.717) is 12.6 Å². The fourth-order valence-corrected chi connectivity index (χ4v) is 4.42. The number of aromatic amines is 1. The van der Waals surface area contributed by atoms with Crippen LogP contribution in [0.5, 0.6) is 0 Å². The molecule has 1 atom stereocenters. The first kappa shape index (κ1) is 21.5. The molecule has 4 heterocycles. The molecule has 0 unspecified atom stereocenters. The van der Waals surface area contributed by atoms with Gasteiger partial charge in [-0.3, -0.25) is 14.7 Å². The van der Waals surface area contributed by atoms with Gasteiger partial charge < -0.3 is 15.0 Å². The van der Waals surface area contributed by atoms with E-state index < -0.39 is 0 Å². The maximum absolute atomic E-state index is 11.5. The number of H-pyrrole nitrogens is 1. The van der Waals surface area contributed by atoms with Crippen LogP contribution in [0, 0.1) is 0 Å². The van der Waals surface area contributed by atoms with Crippen LogP contribution in [0.1, 0.15) is 25.1 Å². The average molecular weight is 448 g/mol. The summed E-state index contributed by atoms with van der Waals surface area (Å²) in [5.74, 6) is 2.19. The van der Waals surface area contributed by atoms with E-state index in [1.54, 1.807) is 0 Å². The van der Waals surface area contributed by atoms with Crippen LogP contribution in [0.4, 0.5) is 17.5 Å². The molecule has 0 spiro atoms. The highest BCUT2D eigenvalue weighted by atomic mass is 16.5. The highest BCUT2D eigenvalue weighted by Gasteiger charge is 2.28. The summed E-state index contributed by atoms with van der Waals surface area (Å²) in [5.41, 5.74) is 3.97. The van der Waals surface area contributed by atoms with Gasteiger partial charge in [-0.2, -0.15) is 0 Å². The predicted octanol–water partition coefficient (Wildman–Crippen LogP) is 2.57. The summed E-state index contributed by atoms with van der Waals surface area (Å²) in [6.07, 6.45) is 2.44. The van der Waals surface area contributed by atoms with Gasteiger partial charge in [-0.15, -0.1) is 0 Å². The number of likely N-dealkylation sites (N-methyl/N-ethyl adjacent to an activating group) is 1. The molecule has 2 aliphatic heterocycles. The first-order valence-electron chi connectivity index (χ1n) is 11.5. The lowest BCUT2D eigenvalue weighted by Crippen LogP contribution is -2.45. The molecular weight excluding hydrogens is 418 g/mol. The number of nitrogens with one attached hydrogen (secondary N) is 2. The Kier molecular flexibility index (Phi) is 6.06. The van der Waals surface area contributed by atoms with Gasteiger partial charge in [-0.25, -0.2) is 15.0 Å². The van der Waals surface area contributed by atoms with E-state index >= 15 is 0 Å². The molecular formula is C24H29N7O2. The van der Waals surface area contributed by atoms with Gasteiger partial charge in [0.05, 0.1) is 24.9 Å². The van der Waals surface area contributed by atoms with E-state index in [1.165, 1.54) is 17.8 Å². The third-order valence-corrected chi connectivity index (χ3v) is 6.29. The highest BCUT2D eigenvalue weighted by Crippen LogP contribution is 2.31. The Morgan fingerprint density at radius 1 is 1.18 bits per heavy atom. The number of ether oxygens (including phenoxy) is 1. The third-order valence-electron chi connectivity index (χ3n) is 6.29. The molecule has 5 rings (SSSR count). The maximum atomic E-state index is 11.5. The number of morpholine rings is 1. The number of anilines is 3. The fraction of sp³-hybridized carbons (Fsp3) is 0.417. The van der Waals surface area contributed by atoms with E-state index in [0.717, 1.165) is 67.8 Å². The predicted molar refractivity (Wildman–Crippen MR) is 128 cm³/mol. The standard InChI is InChI=1S/C24H29N7O2/c1-3-30-11-9-19-20(14-30)27-22(29-23(19)31-12-13-33-15-16(31)2)17-4-6-18(7-5-17)26-24-25-10-8-21(32)28-24/h4-8,10,16H,3,9,11-15H2,1-2H3,(H2,25,26,28,32)/t16-/m0/s1. The molecule has 1 aromatic carbocycles. The van der Waals surface area contributed by atoms with Crippen molar-refractivity contribution in [1.82, 2.24) is 24.8 Å². The molecule has 0 saturated carbocycles. The second kappa shape index (κ2) is 9.29. The van der Waals surface area contributed by atoms with E-state index in [2.05, 4.69) is 38.9 Å². The van der Waals surface area contributed by atoms with Crippen LogP contribution in [-0.4, -0.2) is 63.7 Å². The Bertz CT molecular complexity index is 1180. The van der Waals surface area contributed by atoms with Gasteiger partial charge in [0, 0.05) is 48.7 Å². The van der Waals surface area contributed by atoms with Gasteiger partial charge in [0.15, 0.2) is 5.82 Å². The molecule has 2 aliphatic rings. The topological polar surface area (TPSA) is 99.3 Å². The van der Waals surface area contributed by atoms with Crippen molar-refractivity contribution in [2.24, 2.45) is 0 Å². The molecule has 0 aliphatic carbocycles. The Labute approximate surface area is 192 Å².